The predicted molar refractivity (Wildman–Crippen MR) is 112 cm³/mol. The lowest BCUT2D eigenvalue weighted by Gasteiger charge is -2.17. The molecule has 3 rings (SSSR count). The Balaban J connectivity index is 1.66. The van der Waals surface area contributed by atoms with E-state index in [1.807, 2.05) is 30.3 Å². The van der Waals surface area contributed by atoms with Crippen molar-refractivity contribution in [3.8, 4) is 5.75 Å². The highest BCUT2D eigenvalue weighted by Gasteiger charge is 2.17. The highest BCUT2D eigenvalue weighted by atomic mass is 32.2. The summed E-state index contributed by atoms with van der Waals surface area (Å²) in [7, 11) is 1.74. The zero-order valence-electron chi connectivity index (χ0n) is 16.0. The van der Waals surface area contributed by atoms with Crippen LogP contribution in [0.3, 0.4) is 0 Å². The van der Waals surface area contributed by atoms with Gasteiger partial charge >= 0.3 is 0 Å². The van der Waals surface area contributed by atoms with Gasteiger partial charge in [-0.1, -0.05) is 48.2 Å². The molecule has 2 aromatic carbocycles. The van der Waals surface area contributed by atoms with Gasteiger partial charge in [0.25, 0.3) is 0 Å². The van der Waals surface area contributed by atoms with Crippen LogP contribution >= 0.6 is 11.8 Å². The summed E-state index contributed by atoms with van der Waals surface area (Å²) in [5.74, 6) is 0.383. The molecule has 0 atom stereocenters. The second-order valence-corrected chi connectivity index (χ2v) is 7.04. The van der Waals surface area contributed by atoms with Crippen molar-refractivity contribution in [1.82, 2.24) is 14.8 Å². The highest BCUT2D eigenvalue weighted by Crippen LogP contribution is 2.21. The smallest absolute Gasteiger partial charge is 0.237 e. The fourth-order valence-electron chi connectivity index (χ4n) is 2.57. The van der Waals surface area contributed by atoms with Gasteiger partial charge in [-0.2, -0.15) is 0 Å². The van der Waals surface area contributed by atoms with Crippen molar-refractivity contribution in [1.29, 1.82) is 0 Å². The van der Waals surface area contributed by atoms with Crippen LogP contribution in [0.1, 0.15) is 5.82 Å². The Morgan fingerprint density at radius 2 is 1.93 bits per heavy atom. The number of thioether (sulfide) groups is 1. The van der Waals surface area contributed by atoms with Crippen molar-refractivity contribution in [2.45, 2.75) is 18.3 Å². The molecule has 0 saturated carbocycles. The van der Waals surface area contributed by atoms with Gasteiger partial charge in [-0.15, -0.1) is 16.8 Å². The molecule has 0 aliphatic heterocycles. The van der Waals surface area contributed by atoms with Crippen LogP contribution < -0.4 is 9.64 Å². The third-order valence-electron chi connectivity index (χ3n) is 4.14. The van der Waals surface area contributed by atoms with Crippen molar-refractivity contribution < 1.29 is 13.9 Å². The van der Waals surface area contributed by atoms with E-state index in [4.69, 9.17) is 4.74 Å². The van der Waals surface area contributed by atoms with Crippen molar-refractivity contribution in [3.63, 3.8) is 0 Å². The summed E-state index contributed by atoms with van der Waals surface area (Å²) >= 11 is 1.28. The van der Waals surface area contributed by atoms with E-state index in [9.17, 15) is 9.18 Å². The number of hydrogen-bond acceptors (Lipinski definition) is 5. The first-order chi connectivity index (χ1) is 14.1. The molecule has 29 heavy (non-hydrogen) atoms. The molecule has 1 heterocycles. The molecule has 1 aromatic heterocycles. The largest absolute Gasteiger partial charge is 0.483 e. The Labute approximate surface area is 173 Å². The number of allylic oxidation sites excluding steroid dienone is 1. The molecule has 0 bridgehead atoms. The number of anilines is 1. The van der Waals surface area contributed by atoms with Crippen LogP contribution in [0.2, 0.25) is 0 Å². The Bertz CT molecular complexity index is 978. The maximum Gasteiger partial charge on any atom is 0.237 e. The molecule has 0 unspecified atom stereocenters. The fraction of sp³-hybridized carbons (Fsp3) is 0.190. The summed E-state index contributed by atoms with van der Waals surface area (Å²) in [5.41, 5.74) is 0.824. The summed E-state index contributed by atoms with van der Waals surface area (Å²) in [5, 5.41) is 8.87. The number of carbonyl (C=O) groups excluding carboxylic acids is 1. The average molecular weight is 412 g/mol. The van der Waals surface area contributed by atoms with Gasteiger partial charge in [0.2, 0.25) is 5.91 Å². The quantitative estimate of drug-likeness (QED) is 0.394. The van der Waals surface area contributed by atoms with Gasteiger partial charge in [0.15, 0.2) is 22.5 Å². The maximum absolute atomic E-state index is 13.7. The summed E-state index contributed by atoms with van der Waals surface area (Å²) < 4.78 is 21.1. The minimum atomic E-state index is -0.438. The van der Waals surface area contributed by atoms with E-state index in [1.54, 1.807) is 40.8 Å². The number of aromatic nitrogens is 3. The monoisotopic (exact) mass is 412 g/mol. The number of para-hydroxylation sites is 2. The standard InChI is InChI=1S/C21H21FN4O2S/c1-3-13-26-19(14-28-18-12-8-7-11-17(18)22)23-24-21(26)29-15-20(27)25(2)16-9-5-4-6-10-16/h3-12H,1,13-15H2,2H3. The molecule has 0 aliphatic rings. The Morgan fingerprint density at radius 3 is 2.66 bits per heavy atom. The number of rotatable bonds is 9. The third-order valence-corrected chi connectivity index (χ3v) is 5.09. The second kappa shape index (κ2) is 9.88. The van der Waals surface area contributed by atoms with Crippen LogP contribution in [0.25, 0.3) is 0 Å². The van der Waals surface area contributed by atoms with Crippen LogP contribution in [0.5, 0.6) is 5.75 Å². The van der Waals surface area contributed by atoms with Crippen molar-refractivity contribution in [3.05, 3.63) is 78.9 Å². The van der Waals surface area contributed by atoms with Crippen LogP contribution in [0, 0.1) is 5.82 Å². The molecule has 0 aliphatic carbocycles. The van der Waals surface area contributed by atoms with Gasteiger partial charge < -0.3 is 9.64 Å². The first-order valence-corrected chi connectivity index (χ1v) is 9.93. The summed E-state index contributed by atoms with van der Waals surface area (Å²) in [4.78, 5) is 14.1. The molecule has 0 saturated heterocycles. The summed E-state index contributed by atoms with van der Waals surface area (Å²) in [6.45, 7) is 4.26. The number of benzene rings is 2. The van der Waals surface area contributed by atoms with Crippen molar-refractivity contribution >= 4 is 23.4 Å². The molecule has 1 amide bonds. The van der Waals surface area contributed by atoms with Crippen LogP contribution in [0.15, 0.2) is 72.4 Å². The topological polar surface area (TPSA) is 60.2 Å². The van der Waals surface area contributed by atoms with Gasteiger partial charge in [-0.25, -0.2) is 4.39 Å². The predicted octanol–water partition coefficient (Wildman–Crippen LogP) is 3.94. The molecule has 8 heteroatoms. The normalized spacial score (nSPS) is 10.6. The first kappa shape index (κ1) is 20.6. The van der Waals surface area contributed by atoms with E-state index in [-0.39, 0.29) is 24.0 Å². The average Bonchev–Trinajstić information content (AvgIpc) is 3.13. The van der Waals surface area contributed by atoms with Crippen molar-refractivity contribution in [2.75, 3.05) is 17.7 Å². The molecular formula is C21H21FN4O2S. The molecule has 0 N–H and O–H groups in total. The SMILES string of the molecule is C=CCn1c(COc2ccccc2F)nnc1SCC(=O)N(C)c1ccccc1. The highest BCUT2D eigenvalue weighted by molar-refractivity contribution is 7.99. The van der Waals surface area contributed by atoms with Crippen molar-refractivity contribution in [2.24, 2.45) is 0 Å². The van der Waals surface area contributed by atoms with Gasteiger partial charge in [0, 0.05) is 19.3 Å². The lowest BCUT2D eigenvalue weighted by atomic mass is 10.3. The maximum atomic E-state index is 13.7. The van der Waals surface area contributed by atoms with Crippen LogP contribution in [-0.2, 0) is 17.9 Å². The molecule has 3 aromatic rings. The van der Waals surface area contributed by atoms with Gasteiger partial charge in [0.1, 0.15) is 6.61 Å². The minimum absolute atomic E-state index is 0.0558. The number of hydrogen-bond donors (Lipinski definition) is 0. The number of amides is 1. The lowest BCUT2D eigenvalue weighted by Crippen LogP contribution is -2.28. The van der Waals surface area contributed by atoms with E-state index in [0.717, 1.165) is 5.69 Å². The zero-order chi connectivity index (χ0) is 20.6. The summed E-state index contributed by atoms with van der Waals surface area (Å²) in [6.07, 6.45) is 1.71. The lowest BCUT2D eigenvalue weighted by molar-refractivity contribution is -0.115. The van der Waals surface area contributed by atoms with E-state index in [2.05, 4.69) is 16.8 Å². The summed E-state index contributed by atoms with van der Waals surface area (Å²) in [6, 6.07) is 15.6. The number of ether oxygens (including phenoxy) is 1. The van der Waals surface area contributed by atoms with Gasteiger partial charge in [-0.3, -0.25) is 9.36 Å². The van der Waals surface area contributed by atoms with E-state index >= 15 is 0 Å². The minimum Gasteiger partial charge on any atom is -0.483 e. The first-order valence-electron chi connectivity index (χ1n) is 8.95. The van der Waals surface area contributed by atoms with Gasteiger partial charge in [-0.05, 0) is 24.3 Å². The number of carbonyl (C=O) groups is 1. The van der Waals surface area contributed by atoms with E-state index < -0.39 is 5.82 Å². The molecule has 6 nitrogen and oxygen atoms in total. The van der Waals surface area contributed by atoms with Gasteiger partial charge in [0.05, 0.1) is 5.75 Å². The zero-order valence-corrected chi connectivity index (χ0v) is 16.8. The molecule has 0 fully saturated rings. The van der Waals surface area contributed by atoms with E-state index in [0.29, 0.717) is 17.5 Å². The fourth-order valence-corrected chi connectivity index (χ4v) is 3.45. The van der Waals surface area contributed by atoms with Crippen LogP contribution in [0.4, 0.5) is 10.1 Å². The Morgan fingerprint density at radius 1 is 1.21 bits per heavy atom. The second-order valence-electron chi connectivity index (χ2n) is 6.09. The Kier molecular flexibility index (Phi) is 7.02. The Hall–Kier alpha value is -3.13. The number of halogens is 1. The number of nitrogens with zero attached hydrogens (tertiary/aromatic N) is 4. The van der Waals surface area contributed by atoms with E-state index in [1.165, 1.54) is 17.8 Å². The molecular weight excluding hydrogens is 391 g/mol. The van der Waals surface area contributed by atoms with Crippen LogP contribution in [-0.4, -0.2) is 33.5 Å². The third kappa shape index (κ3) is 5.23. The molecule has 0 radical (unpaired) electrons. The molecule has 150 valence electrons. The molecule has 0 spiro atoms.